The van der Waals surface area contributed by atoms with E-state index in [1.807, 2.05) is 18.2 Å². The van der Waals surface area contributed by atoms with Gasteiger partial charge in [0.25, 0.3) is 5.91 Å². The van der Waals surface area contributed by atoms with E-state index < -0.39 is 0 Å². The van der Waals surface area contributed by atoms with Gasteiger partial charge in [0.05, 0.1) is 16.8 Å². The highest BCUT2D eigenvalue weighted by atomic mass is 16.7. The molecule has 0 saturated heterocycles. The second-order valence-electron chi connectivity index (χ2n) is 5.95. The maximum absolute atomic E-state index is 12.3. The van der Waals surface area contributed by atoms with Crippen LogP contribution in [0.3, 0.4) is 0 Å². The van der Waals surface area contributed by atoms with Crippen LogP contribution < -0.4 is 20.1 Å². The van der Waals surface area contributed by atoms with Crippen molar-refractivity contribution in [3.05, 3.63) is 71.5 Å². The first kappa shape index (κ1) is 17.3. The van der Waals surface area contributed by atoms with Gasteiger partial charge >= 0.3 is 0 Å². The molecule has 1 aliphatic heterocycles. The summed E-state index contributed by atoms with van der Waals surface area (Å²) in [6.45, 7) is 0.548. The monoisotopic (exact) mass is 373 g/mol. The quantitative estimate of drug-likeness (QED) is 0.708. The van der Waals surface area contributed by atoms with Crippen molar-refractivity contribution in [3.63, 3.8) is 0 Å². The summed E-state index contributed by atoms with van der Waals surface area (Å²) < 4.78 is 10.6. The third-order valence-corrected chi connectivity index (χ3v) is 4.10. The molecule has 2 aromatic carbocycles. The highest BCUT2D eigenvalue weighted by Crippen LogP contribution is 2.32. The number of hydrogen-bond donors (Lipinski definition) is 2. The summed E-state index contributed by atoms with van der Waals surface area (Å²) in [4.78, 5) is 20.6. The van der Waals surface area contributed by atoms with E-state index in [1.165, 1.54) is 12.4 Å². The maximum atomic E-state index is 12.3. The summed E-state index contributed by atoms with van der Waals surface area (Å²) in [5.74, 6) is 1.38. The molecule has 1 aromatic heterocycles. The fraction of sp³-hybridized carbons (Fsp3) is 0.100. The van der Waals surface area contributed by atoms with Gasteiger partial charge in [-0.05, 0) is 29.8 Å². The minimum atomic E-state index is -0.290. The van der Waals surface area contributed by atoms with Gasteiger partial charge in [-0.25, -0.2) is 9.97 Å². The molecule has 8 heteroatoms. The number of hydrogen-bond acceptors (Lipinski definition) is 7. The Bertz CT molecular complexity index is 1060. The highest BCUT2D eigenvalue weighted by Gasteiger charge is 2.14. The number of carbonyl (C=O) groups excluding carboxylic acids is 1. The Morgan fingerprint density at radius 3 is 2.71 bits per heavy atom. The van der Waals surface area contributed by atoms with Gasteiger partial charge in [-0.15, -0.1) is 0 Å². The molecule has 0 aliphatic carbocycles. The first-order valence-corrected chi connectivity index (χ1v) is 8.48. The molecule has 1 aliphatic rings. The standard InChI is InChI=1S/C20H15N5O3/c21-8-14-3-1-2-4-16(14)25-20-23-10-15(11-24-20)19(26)22-9-13-5-6-17-18(7-13)28-12-27-17/h1-7,10-11H,9,12H2,(H,22,26)(H,23,24,25). The molecule has 28 heavy (non-hydrogen) atoms. The molecular weight excluding hydrogens is 358 g/mol. The van der Waals surface area contributed by atoms with Crippen LogP contribution in [0.4, 0.5) is 11.6 Å². The number of benzene rings is 2. The smallest absolute Gasteiger partial charge is 0.254 e. The molecule has 2 heterocycles. The van der Waals surface area contributed by atoms with Crippen molar-refractivity contribution >= 4 is 17.5 Å². The summed E-state index contributed by atoms with van der Waals surface area (Å²) in [5, 5.41) is 14.9. The summed E-state index contributed by atoms with van der Waals surface area (Å²) in [6.07, 6.45) is 2.86. The lowest BCUT2D eigenvalue weighted by atomic mass is 10.2. The minimum Gasteiger partial charge on any atom is -0.454 e. The number of ether oxygens (including phenoxy) is 2. The molecule has 0 saturated carbocycles. The number of rotatable bonds is 5. The Morgan fingerprint density at radius 1 is 1.11 bits per heavy atom. The zero-order valence-corrected chi connectivity index (χ0v) is 14.7. The van der Waals surface area contributed by atoms with Gasteiger partial charge in [-0.2, -0.15) is 5.26 Å². The van der Waals surface area contributed by atoms with Gasteiger partial charge in [0.2, 0.25) is 12.7 Å². The normalized spacial score (nSPS) is 11.5. The molecule has 1 amide bonds. The van der Waals surface area contributed by atoms with E-state index in [9.17, 15) is 4.79 Å². The largest absolute Gasteiger partial charge is 0.454 e. The number of nitrogens with one attached hydrogen (secondary N) is 2. The van der Waals surface area contributed by atoms with Crippen LogP contribution in [0.25, 0.3) is 0 Å². The Labute approximate surface area is 160 Å². The lowest BCUT2D eigenvalue weighted by molar-refractivity contribution is 0.0950. The van der Waals surface area contributed by atoms with E-state index in [1.54, 1.807) is 24.3 Å². The summed E-state index contributed by atoms with van der Waals surface area (Å²) >= 11 is 0. The van der Waals surface area contributed by atoms with Crippen LogP contribution in [0.15, 0.2) is 54.9 Å². The molecule has 0 atom stereocenters. The van der Waals surface area contributed by atoms with Crippen LogP contribution in [0.1, 0.15) is 21.5 Å². The Hall–Kier alpha value is -4.12. The van der Waals surface area contributed by atoms with E-state index in [-0.39, 0.29) is 12.7 Å². The second-order valence-corrected chi connectivity index (χ2v) is 5.95. The molecule has 0 fully saturated rings. The first-order valence-electron chi connectivity index (χ1n) is 8.48. The first-order chi connectivity index (χ1) is 13.7. The number of amides is 1. The highest BCUT2D eigenvalue weighted by molar-refractivity contribution is 5.93. The van der Waals surface area contributed by atoms with Gasteiger partial charge in [-0.3, -0.25) is 4.79 Å². The van der Waals surface area contributed by atoms with Crippen LogP contribution in [-0.2, 0) is 6.54 Å². The third kappa shape index (κ3) is 3.68. The van der Waals surface area contributed by atoms with Crippen LogP contribution in [0.2, 0.25) is 0 Å². The molecule has 138 valence electrons. The zero-order chi connectivity index (χ0) is 19.3. The van der Waals surface area contributed by atoms with E-state index in [4.69, 9.17) is 14.7 Å². The van der Waals surface area contributed by atoms with Crippen LogP contribution in [-0.4, -0.2) is 22.7 Å². The molecular formula is C20H15N5O3. The maximum Gasteiger partial charge on any atom is 0.254 e. The third-order valence-electron chi connectivity index (χ3n) is 4.10. The van der Waals surface area contributed by atoms with Gasteiger partial charge in [0, 0.05) is 18.9 Å². The number of aromatic nitrogens is 2. The molecule has 4 rings (SSSR count). The van der Waals surface area contributed by atoms with E-state index in [0.717, 1.165) is 5.56 Å². The average molecular weight is 373 g/mol. The lowest BCUT2D eigenvalue weighted by Crippen LogP contribution is -2.23. The summed E-state index contributed by atoms with van der Waals surface area (Å²) in [6, 6.07) is 14.6. The molecule has 8 nitrogen and oxygen atoms in total. The number of nitrogens with zero attached hydrogens (tertiary/aromatic N) is 3. The SMILES string of the molecule is N#Cc1ccccc1Nc1ncc(C(=O)NCc2ccc3c(c2)OCO3)cn1. The molecule has 0 bridgehead atoms. The van der Waals surface area contributed by atoms with Gasteiger partial charge in [0.1, 0.15) is 6.07 Å². The summed E-state index contributed by atoms with van der Waals surface area (Å²) in [5.41, 5.74) is 2.31. The fourth-order valence-corrected chi connectivity index (χ4v) is 2.66. The molecule has 3 aromatic rings. The summed E-state index contributed by atoms with van der Waals surface area (Å²) in [7, 11) is 0. The molecule has 2 N–H and O–H groups in total. The van der Waals surface area contributed by atoms with Gasteiger partial charge < -0.3 is 20.1 Å². The lowest BCUT2D eigenvalue weighted by Gasteiger charge is -2.08. The number of anilines is 2. The Kier molecular flexibility index (Phi) is 4.72. The molecule has 0 spiro atoms. The van der Waals surface area contributed by atoms with Crippen LogP contribution in [0.5, 0.6) is 11.5 Å². The number of para-hydroxylation sites is 1. The number of carbonyl (C=O) groups is 1. The number of fused-ring (bicyclic) bond motifs is 1. The predicted octanol–water partition coefficient (Wildman–Crippen LogP) is 2.75. The Morgan fingerprint density at radius 2 is 1.89 bits per heavy atom. The average Bonchev–Trinajstić information content (AvgIpc) is 3.21. The van der Waals surface area contributed by atoms with Crippen LogP contribution in [0, 0.1) is 11.3 Å². The van der Waals surface area contributed by atoms with E-state index in [2.05, 4.69) is 26.7 Å². The number of nitriles is 1. The van der Waals surface area contributed by atoms with Crippen molar-refractivity contribution in [3.8, 4) is 17.6 Å². The van der Waals surface area contributed by atoms with Crippen molar-refractivity contribution < 1.29 is 14.3 Å². The van der Waals surface area contributed by atoms with Crippen molar-refractivity contribution in [2.45, 2.75) is 6.54 Å². The minimum absolute atomic E-state index is 0.210. The second kappa shape index (κ2) is 7.63. The Balaban J connectivity index is 1.38. The molecule has 0 unspecified atom stereocenters. The zero-order valence-electron chi connectivity index (χ0n) is 14.7. The topological polar surface area (TPSA) is 109 Å². The fourth-order valence-electron chi connectivity index (χ4n) is 2.66. The molecule has 0 radical (unpaired) electrons. The van der Waals surface area contributed by atoms with Gasteiger partial charge in [0.15, 0.2) is 11.5 Å². The van der Waals surface area contributed by atoms with Crippen molar-refractivity contribution in [2.75, 3.05) is 12.1 Å². The van der Waals surface area contributed by atoms with Crippen molar-refractivity contribution in [1.82, 2.24) is 15.3 Å². The van der Waals surface area contributed by atoms with Gasteiger partial charge in [-0.1, -0.05) is 18.2 Å². The van der Waals surface area contributed by atoms with E-state index in [0.29, 0.717) is 40.8 Å². The van der Waals surface area contributed by atoms with E-state index >= 15 is 0 Å². The van der Waals surface area contributed by atoms with Crippen molar-refractivity contribution in [2.24, 2.45) is 0 Å². The predicted molar refractivity (Wildman–Crippen MR) is 100 cm³/mol. The van der Waals surface area contributed by atoms with Crippen molar-refractivity contribution in [1.29, 1.82) is 5.26 Å². The van der Waals surface area contributed by atoms with Crippen LogP contribution >= 0.6 is 0 Å².